The summed E-state index contributed by atoms with van der Waals surface area (Å²) in [5.74, 6) is -1.17. The molecule has 0 fully saturated rings. The van der Waals surface area contributed by atoms with Gasteiger partial charge in [0.25, 0.3) is 5.69 Å². The molecule has 1 aromatic rings. The zero-order valence-corrected chi connectivity index (χ0v) is 9.20. The van der Waals surface area contributed by atoms with Gasteiger partial charge in [0, 0.05) is 17.7 Å². The molecular formula is C10H10N4O4. The molecule has 0 saturated carbocycles. The first-order chi connectivity index (χ1) is 8.41. The highest BCUT2D eigenvalue weighted by molar-refractivity contribution is 6.07. The van der Waals surface area contributed by atoms with E-state index in [-0.39, 0.29) is 12.2 Å². The number of non-ortho nitro benzene ring substituents is 1. The number of carbonyl (C=O) groups excluding carboxylic acids is 2. The first-order valence-corrected chi connectivity index (χ1v) is 5.05. The van der Waals surface area contributed by atoms with E-state index >= 15 is 0 Å². The Bertz CT molecular complexity index is 557. The van der Waals surface area contributed by atoms with Gasteiger partial charge in [0.1, 0.15) is 12.6 Å². The Hall–Kier alpha value is -2.48. The van der Waals surface area contributed by atoms with Gasteiger partial charge in [-0.05, 0) is 6.07 Å². The highest BCUT2D eigenvalue weighted by Crippen LogP contribution is 2.36. The predicted molar refractivity (Wildman–Crippen MR) is 61.6 cm³/mol. The molecule has 1 aromatic carbocycles. The number of anilines is 1. The van der Waals surface area contributed by atoms with Crippen molar-refractivity contribution in [3.8, 4) is 0 Å². The summed E-state index contributed by atoms with van der Waals surface area (Å²) >= 11 is 0. The number of nitro benzene ring substituents is 1. The average Bonchev–Trinajstić information content (AvgIpc) is 2.54. The van der Waals surface area contributed by atoms with Gasteiger partial charge in [-0.1, -0.05) is 0 Å². The first-order valence-electron chi connectivity index (χ1n) is 5.05. The number of rotatable bonds is 3. The normalized spacial score (nSPS) is 17.7. The van der Waals surface area contributed by atoms with Crippen molar-refractivity contribution in [3.05, 3.63) is 33.9 Å². The number of nitrogens with two attached hydrogens (primary N) is 2. The maximum Gasteiger partial charge on any atom is 0.269 e. The number of hydrogen-bond donors (Lipinski definition) is 2. The monoisotopic (exact) mass is 250 g/mol. The SMILES string of the molecule is NC(=O)CN1C(=O)C(N)c2cc([N+](=O)[O-])ccc21. The summed E-state index contributed by atoms with van der Waals surface area (Å²) in [4.78, 5) is 33.9. The molecule has 1 unspecified atom stereocenters. The van der Waals surface area contributed by atoms with Crippen molar-refractivity contribution >= 4 is 23.2 Å². The summed E-state index contributed by atoms with van der Waals surface area (Å²) < 4.78 is 0. The molecule has 0 saturated heterocycles. The van der Waals surface area contributed by atoms with Gasteiger partial charge >= 0.3 is 0 Å². The van der Waals surface area contributed by atoms with Gasteiger partial charge in [0.2, 0.25) is 11.8 Å². The van der Waals surface area contributed by atoms with Crippen LogP contribution in [0.3, 0.4) is 0 Å². The van der Waals surface area contributed by atoms with Crippen LogP contribution < -0.4 is 16.4 Å². The van der Waals surface area contributed by atoms with Gasteiger partial charge in [0.15, 0.2) is 0 Å². The molecule has 0 radical (unpaired) electrons. The van der Waals surface area contributed by atoms with Crippen LogP contribution in [-0.2, 0) is 9.59 Å². The summed E-state index contributed by atoms with van der Waals surface area (Å²) in [7, 11) is 0. The van der Waals surface area contributed by atoms with E-state index in [0.29, 0.717) is 11.3 Å². The molecule has 1 atom stereocenters. The Morgan fingerprint density at radius 3 is 2.72 bits per heavy atom. The van der Waals surface area contributed by atoms with Gasteiger partial charge < -0.3 is 16.4 Å². The summed E-state index contributed by atoms with van der Waals surface area (Å²) in [6.07, 6.45) is 0. The van der Waals surface area contributed by atoms with Crippen molar-refractivity contribution in [1.29, 1.82) is 0 Å². The van der Waals surface area contributed by atoms with Gasteiger partial charge in [-0.15, -0.1) is 0 Å². The van der Waals surface area contributed by atoms with Crippen LogP contribution in [0.25, 0.3) is 0 Å². The van der Waals surface area contributed by atoms with Crippen LogP contribution in [0, 0.1) is 10.1 Å². The molecule has 0 aromatic heterocycles. The Morgan fingerprint density at radius 1 is 1.50 bits per heavy atom. The van der Waals surface area contributed by atoms with E-state index in [1.165, 1.54) is 18.2 Å². The smallest absolute Gasteiger partial charge is 0.269 e. The van der Waals surface area contributed by atoms with Crippen molar-refractivity contribution in [2.24, 2.45) is 11.5 Å². The molecular weight excluding hydrogens is 240 g/mol. The van der Waals surface area contributed by atoms with Gasteiger partial charge in [-0.2, -0.15) is 0 Å². The first kappa shape index (κ1) is 12.0. The zero-order valence-electron chi connectivity index (χ0n) is 9.20. The van der Waals surface area contributed by atoms with Gasteiger partial charge in [0.05, 0.1) is 10.6 Å². The third-order valence-corrected chi connectivity index (χ3v) is 2.69. The molecule has 0 bridgehead atoms. The zero-order chi connectivity index (χ0) is 13.4. The third kappa shape index (κ3) is 1.78. The van der Waals surface area contributed by atoms with Crippen LogP contribution in [0.4, 0.5) is 11.4 Å². The fourth-order valence-corrected chi connectivity index (χ4v) is 1.89. The molecule has 8 heteroatoms. The molecule has 1 aliphatic heterocycles. The Kier molecular flexibility index (Phi) is 2.71. The van der Waals surface area contributed by atoms with Crippen LogP contribution in [-0.4, -0.2) is 23.3 Å². The number of carbonyl (C=O) groups is 2. The van der Waals surface area contributed by atoms with Crippen LogP contribution >= 0.6 is 0 Å². The van der Waals surface area contributed by atoms with E-state index in [9.17, 15) is 19.7 Å². The van der Waals surface area contributed by atoms with E-state index in [1.807, 2.05) is 0 Å². The molecule has 1 heterocycles. The van der Waals surface area contributed by atoms with Crippen molar-refractivity contribution in [3.63, 3.8) is 0 Å². The summed E-state index contributed by atoms with van der Waals surface area (Å²) in [6, 6.07) is 2.87. The number of hydrogen-bond acceptors (Lipinski definition) is 5. The molecule has 8 nitrogen and oxygen atoms in total. The molecule has 2 rings (SSSR count). The lowest BCUT2D eigenvalue weighted by Gasteiger charge is -2.14. The highest BCUT2D eigenvalue weighted by Gasteiger charge is 2.36. The van der Waals surface area contributed by atoms with Crippen LogP contribution in [0.15, 0.2) is 18.2 Å². The lowest BCUT2D eigenvalue weighted by Crippen LogP contribution is -2.38. The quantitative estimate of drug-likeness (QED) is 0.547. The Labute approximate surface area is 101 Å². The molecule has 94 valence electrons. The van der Waals surface area contributed by atoms with Gasteiger partial charge in [-0.3, -0.25) is 19.7 Å². The van der Waals surface area contributed by atoms with E-state index in [4.69, 9.17) is 11.5 Å². The summed E-state index contributed by atoms with van der Waals surface area (Å²) in [6.45, 7) is -0.294. The second-order valence-electron chi connectivity index (χ2n) is 3.87. The Morgan fingerprint density at radius 2 is 2.17 bits per heavy atom. The van der Waals surface area contributed by atoms with Crippen molar-refractivity contribution < 1.29 is 14.5 Å². The minimum absolute atomic E-state index is 0.155. The fraction of sp³-hybridized carbons (Fsp3) is 0.200. The molecule has 4 N–H and O–H groups in total. The Balaban J connectivity index is 2.47. The van der Waals surface area contributed by atoms with E-state index in [2.05, 4.69) is 0 Å². The maximum absolute atomic E-state index is 11.8. The third-order valence-electron chi connectivity index (χ3n) is 2.69. The number of amides is 2. The average molecular weight is 250 g/mol. The van der Waals surface area contributed by atoms with E-state index in [0.717, 1.165) is 4.90 Å². The topological polar surface area (TPSA) is 133 Å². The molecule has 1 aliphatic rings. The lowest BCUT2D eigenvalue weighted by molar-refractivity contribution is -0.384. The molecule has 0 aliphatic carbocycles. The second kappa shape index (κ2) is 4.08. The molecule has 18 heavy (non-hydrogen) atoms. The van der Waals surface area contributed by atoms with Crippen LogP contribution in [0.2, 0.25) is 0 Å². The van der Waals surface area contributed by atoms with Crippen LogP contribution in [0.5, 0.6) is 0 Å². The van der Waals surface area contributed by atoms with Crippen molar-refractivity contribution in [1.82, 2.24) is 0 Å². The fourth-order valence-electron chi connectivity index (χ4n) is 1.89. The second-order valence-corrected chi connectivity index (χ2v) is 3.87. The maximum atomic E-state index is 11.8. The highest BCUT2D eigenvalue weighted by atomic mass is 16.6. The van der Waals surface area contributed by atoms with Crippen molar-refractivity contribution in [2.45, 2.75) is 6.04 Å². The minimum atomic E-state index is -1.00. The lowest BCUT2D eigenvalue weighted by atomic mass is 10.1. The van der Waals surface area contributed by atoms with Crippen LogP contribution in [0.1, 0.15) is 11.6 Å². The molecule has 0 spiro atoms. The molecule has 2 amide bonds. The predicted octanol–water partition coefficient (Wildman–Crippen LogP) is -0.573. The number of nitro groups is 1. The standard InChI is InChI=1S/C10H10N4O4/c11-8(15)4-13-7-2-1-5(14(17)18)3-6(7)9(12)10(13)16/h1-3,9H,4,12H2,(H2,11,15). The van der Waals surface area contributed by atoms with Gasteiger partial charge in [-0.25, -0.2) is 0 Å². The number of fused-ring (bicyclic) bond motifs is 1. The number of nitrogens with zero attached hydrogens (tertiary/aromatic N) is 2. The number of primary amides is 1. The largest absolute Gasteiger partial charge is 0.368 e. The van der Waals surface area contributed by atoms with E-state index < -0.39 is 22.8 Å². The minimum Gasteiger partial charge on any atom is -0.368 e. The summed E-state index contributed by atoms with van der Waals surface area (Å²) in [5, 5.41) is 10.6. The van der Waals surface area contributed by atoms with Crippen molar-refractivity contribution in [2.75, 3.05) is 11.4 Å². The number of benzene rings is 1. The summed E-state index contributed by atoms with van der Waals surface area (Å²) in [5.41, 5.74) is 11.3. The van der Waals surface area contributed by atoms with E-state index in [1.54, 1.807) is 0 Å².